The lowest BCUT2D eigenvalue weighted by atomic mass is 10.0. The lowest BCUT2D eigenvalue weighted by Crippen LogP contribution is -2.09. The van der Waals surface area contributed by atoms with E-state index < -0.39 is 23.2 Å². The Balaban J connectivity index is 2.09. The van der Waals surface area contributed by atoms with Gasteiger partial charge in [0.25, 0.3) is 0 Å². The second-order valence-corrected chi connectivity index (χ2v) is 9.20. The molecule has 0 unspecified atom stereocenters. The van der Waals surface area contributed by atoms with Crippen LogP contribution in [0.2, 0.25) is 0 Å². The van der Waals surface area contributed by atoms with Gasteiger partial charge in [-0.25, -0.2) is 4.79 Å². The first-order chi connectivity index (χ1) is 16.5. The van der Waals surface area contributed by atoms with Crippen molar-refractivity contribution in [2.24, 2.45) is 0 Å². The fourth-order valence-electron chi connectivity index (χ4n) is 3.75. The molecule has 0 saturated carbocycles. The second kappa shape index (κ2) is 10.6. The first-order valence-electron chi connectivity index (χ1n) is 11.5. The Morgan fingerprint density at radius 2 is 1.43 bits per heavy atom. The third-order valence-electron chi connectivity index (χ3n) is 5.71. The summed E-state index contributed by atoms with van der Waals surface area (Å²) >= 11 is 0. The molecule has 7 heteroatoms. The normalized spacial score (nSPS) is 12.6. The number of carbonyl (C=O) groups is 1. The molecule has 2 aromatic rings. The van der Waals surface area contributed by atoms with Crippen molar-refractivity contribution >= 4 is 5.97 Å². The van der Waals surface area contributed by atoms with E-state index in [9.17, 15) is 25.2 Å². The lowest BCUT2D eigenvalue weighted by Gasteiger charge is -2.15. The van der Waals surface area contributed by atoms with Gasteiger partial charge in [-0.3, -0.25) is 0 Å². The molecule has 186 valence electrons. The summed E-state index contributed by atoms with van der Waals surface area (Å²) in [7, 11) is 0. The van der Waals surface area contributed by atoms with Crippen LogP contribution in [0.4, 0.5) is 0 Å². The van der Waals surface area contributed by atoms with E-state index in [1.54, 1.807) is 6.08 Å². The van der Waals surface area contributed by atoms with E-state index in [0.717, 1.165) is 36.1 Å². The van der Waals surface area contributed by atoms with Crippen molar-refractivity contribution in [2.45, 2.75) is 60.3 Å². The first kappa shape index (κ1) is 25.7. The van der Waals surface area contributed by atoms with Crippen LogP contribution in [0.15, 0.2) is 47.1 Å². The molecule has 3 rings (SSSR count). The average molecular weight is 481 g/mol. The van der Waals surface area contributed by atoms with Crippen molar-refractivity contribution in [1.82, 2.24) is 0 Å². The molecule has 0 saturated heterocycles. The molecule has 7 nitrogen and oxygen atoms in total. The Bertz CT molecular complexity index is 1240. The summed E-state index contributed by atoms with van der Waals surface area (Å²) < 4.78 is 11.5. The molecule has 2 aromatic carbocycles. The van der Waals surface area contributed by atoms with Crippen LogP contribution in [0.25, 0.3) is 0 Å². The standard InChI is InChI=1S/C28H32O7/c1-15(2)7-6-8-17(5)10-12-18-20(29)13-21(30)24-27(18)34-23-14-22(31)25(32)19(11-9-16(3)4)26(23)35-28(24)33/h7,9-10,13-14,29-32H,6,8,11-12H2,1-5H3. The van der Waals surface area contributed by atoms with Crippen LogP contribution in [-0.2, 0) is 12.8 Å². The number of allylic oxidation sites excluding steroid dienone is 6. The maximum absolute atomic E-state index is 13.1. The van der Waals surface area contributed by atoms with Crippen LogP contribution in [0.3, 0.4) is 0 Å². The van der Waals surface area contributed by atoms with Gasteiger partial charge < -0.3 is 29.9 Å². The van der Waals surface area contributed by atoms with Gasteiger partial charge in [0.05, 0.1) is 0 Å². The van der Waals surface area contributed by atoms with Gasteiger partial charge in [0, 0.05) is 23.3 Å². The molecule has 0 aromatic heterocycles. The Labute approximate surface area is 205 Å². The van der Waals surface area contributed by atoms with Gasteiger partial charge in [-0.05, 0) is 60.3 Å². The van der Waals surface area contributed by atoms with Crippen molar-refractivity contribution < 1.29 is 34.7 Å². The number of fused-ring (bicyclic) bond motifs is 2. The minimum absolute atomic E-state index is 0.0138. The summed E-state index contributed by atoms with van der Waals surface area (Å²) in [5.74, 6) is -2.63. The summed E-state index contributed by atoms with van der Waals surface area (Å²) in [6.07, 6.45) is 8.02. The fourth-order valence-corrected chi connectivity index (χ4v) is 3.75. The molecule has 1 heterocycles. The van der Waals surface area contributed by atoms with Gasteiger partial charge in [-0.1, -0.05) is 34.9 Å². The monoisotopic (exact) mass is 480 g/mol. The number of hydrogen-bond donors (Lipinski definition) is 4. The van der Waals surface area contributed by atoms with Crippen LogP contribution < -0.4 is 9.47 Å². The smallest absolute Gasteiger partial charge is 0.351 e. The van der Waals surface area contributed by atoms with E-state index in [1.807, 2.05) is 40.7 Å². The molecule has 0 amide bonds. The van der Waals surface area contributed by atoms with Crippen LogP contribution >= 0.6 is 0 Å². The van der Waals surface area contributed by atoms with Gasteiger partial charge >= 0.3 is 5.97 Å². The highest BCUT2D eigenvalue weighted by atomic mass is 16.6. The Kier molecular flexibility index (Phi) is 7.79. The van der Waals surface area contributed by atoms with Gasteiger partial charge in [0.1, 0.15) is 17.1 Å². The van der Waals surface area contributed by atoms with Gasteiger partial charge in [-0.15, -0.1) is 0 Å². The lowest BCUT2D eigenvalue weighted by molar-refractivity contribution is 0.0732. The molecule has 1 aliphatic rings. The minimum Gasteiger partial charge on any atom is -0.507 e. The van der Waals surface area contributed by atoms with Crippen molar-refractivity contribution in [3.8, 4) is 40.2 Å². The number of aromatic hydroxyl groups is 4. The van der Waals surface area contributed by atoms with E-state index in [1.165, 1.54) is 5.57 Å². The number of esters is 1. The SMILES string of the molecule is CC(C)=CCCC(C)=CCc1c(O)cc(O)c2c1Oc1cc(O)c(O)c(CC=C(C)C)c1OC2=O. The molecule has 0 atom stereocenters. The highest BCUT2D eigenvalue weighted by Gasteiger charge is 2.33. The van der Waals surface area contributed by atoms with Gasteiger partial charge in [0.15, 0.2) is 28.7 Å². The number of phenols is 4. The van der Waals surface area contributed by atoms with Crippen LogP contribution in [0, 0.1) is 0 Å². The molecular weight excluding hydrogens is 448 g/mol. The molecule has 35 heavy (non-hydrogen) atoms. The summed E-state index contributed by atoms with van der Waals surface area (Å²) in [5.41, 5.74) is 3.51. The van der Waals surface area contributed by atoms with Crippen molar-refractivity contribution in [2.75, 3.05) is 0 Å². The van der Waals surface area contributed by atoms with E-state index >= 15 is 0 Å². The molecule has 0 spiro atoms. The topological polar surface area (TPSA) is 116 Å². The zero-order chi connectivity index (χ0) is 25.9. The summed E-state index contributed by atoms with van der Waals surface area (Å²) in [6.45, 7) is 9.81. The fraction of sp³-hybridized carbons (Fsp3) is 0.321. The third-order valence-corrected chi connectivity index (χ3v) is 5.71. The van der Waals surface area contributed by atoms with Gasteiger partial charge in [-0.2, -0.15) is 0 Å². The molecule has 0 bridgehead atoms. The summed E-state index contributed by atoms with van der Waals surface area (Å²) in [4.78, 5) is 13.1. The second-order valence-electron chi connectivity index (χ2n) is 9.20. The summed E-state index contributed by atoms with van der Waals surface area (Å²) in [5, 5.41) is 41.8. The molecular formula is C28H32O7. The molecule has 0 fully saturated rings. The number of carbonyl (C=O) groups excluding carboxylic acids is 1. The van der Waals surface area contributed by atoms with Gasteiger partial charge in [0.2, 0.25) is 0 Å². The molecule has 0 radical (unpaired) electrons. The number of hydrogen-bond acceptors (Lipinski definition) is 7. The molecule has 1 aliphatic heterocycles. The average Bonchev–Trinajstić information content (AvgIpc) is 2.89. The van der Waals surface area contributed by atoms with E-state index in [4.69, 9.17) is 9.47 Å². The number of rotatable bonds is 7. The van der Waals surface area contributed by atoms with Crippen LogP contribution in [0.5, 0.6) is 40.2 Å². The highest BCUT2D eigenvalue weighted by molar-refractivity contribution is 5.99. The molecule has 0 aliphatic carbocycles. The Morgan fingerprint density at radius 1 is 0.771 bits per heavy atom. The van der Waals surface area contributed by atoms with Crippen LogP contribution in [-0.4, -0.2) is 26.4 Å². The highest BCUT2D eigenvalue weighted by Crippen LogP contribution is 2.51. The van der Waals surface area contributed by atoms with E-state index in [-0.39, 0.29) is 47.0 Å². The Hall–Kier alpha value is -3.87. The Morgan fingerprint density at radius 3 is 2.09 bits per heavy atom. The largest absolute Gasteiger partial charge is 0.507 e. The first-order valence-corrected chi connectivity index (χ1v) is 11.5. The predicted octanol–water partition coefficient (Wildman–Crippen LogP) is 6.58. The zero-order valence-electron chi connectivity index (χ0n) is 20.7. The zero-order valence-corrected chi connectivity index (χ0v) is 20.7. The summed E-state index contributed by atoms with van der Waals surface area (Å²) in [6, 6.07) is 2.23. The van der Waals surface area contributed by atoms with Crippen molar-refractivity contribution in [1.29, 1.82) is 0 Å². The minimum atomic E-state index is -0.898. The maximum atomic E-state index is 13.1. The van der Waals surface area contributed by atoms with E-state index in [0.29, 0.717) is 5.56 Å². The number of benzene rings is 2. The quantitative estimate of drug-likeness (QED) is 0.153. The van der Waals surface area contributed by atoms with Crippen molar-refractivity contribution in [3.63, 3.8) is 0 Å². The predicted molar refractivity (Wildman–Crippen MR) is 134 cm³/mol. The maximum Gasteiger partial charge on any atom is 0.351 e. The van der Waals surface area contributed by atoms with Crippen molar-refractivity contribution in [3.05, 3.63) is 63.8 Å². The number of ether oxygens (including phenoxy) is 2. The third kappa shape index (κ3) is 5.80. The molecule has 4 N–H and O–H groups in total. The van der Waals surface area contributed by atoms with E-state index in [2.05, 4.69) is 6.08 Å². The van der Waals surface area contributed by atoms with Crippen LogP contribution in [0.1, 0.15) is 68.9 Å². The number of phenolic OH excluding ortho intramolecular Hbond substituents is 4.